The summed E-state index contributed by atoms with van der Waals surface area (Å²) in [5, 5.41) is 12.2. The van der Waals surface area contributed by atoms with Crippen LogP contribution >= 0.6 is 11.6 Å². The van der Waals surface area contributed by atoms with Crippen LogP contribution in [0.25, 0.3) is 0 Å². The summed E-state index contributed by atoms with van der Waals surface area (Å²) in [7, 11) is 0. The van der Waals surface area contributed by atoms with Crippen molar-refractivity contribution in [2.24, 2.45) is 5.92 Å². The van der Waals surface area contributed by atoms with Crippen LogP contribution in [-0.2, 0) is 4.79 Å². The Morgan fingerprint density at radius 3 is 2.84 bits per heavy atom. The number of hydrogen-bond acceptors (Lipinski definition) is 2. The molecule has 0 radical (unpaired) electrons. The highest BCUT2D eigenvalue weighted by Gasteiger charge is 2.23. The Labute approximate surface area is 118 Å². The second kappa shape index (κ2) is 6.60. The summed E-state index contributed by atoms with van der Waals surface area (Å²) in [6.45, 7) is -0.210. The predicted molar refractivity (Wildman–Crippen MR) is 76.0 cm³/mol. The number of nitrogens with one attached hydrogen (secondary N) is 1. The Bertz CT molecular complexity index is 525. The van der Waals surface area contributed by atoms with Crippen molar-refractivity contribution < 1.29 is 9.90 Å². The van der Waals surface area contributed by atoms with Crippen LogP contribution in [0.2, 0.25) is 5.02 Å². The lowest BCUT2D eigenvalue weighted by atomic mass is 10.1. The van der Waals surface area contributed by atoms with E-state index in [-0.39, 0.29) is 18.4 Å². The second-order valence-electron chi connectivity index (χ2n) is 4.62. The van der Waals surface area contributed by atoms with E-state index in [0.29, 0.717) is 16.3 Å². The summed E-state index contributed by atoms with van der Waals surface area (Å²) in [4.78, 5) is 12.1. The second-order valence-corrected chi connectivity index (χ2v) is 5.06. The Morgan fingerprint density at radius 2 is 2.16 bits per heavy atom. The van der Waals surface area contributed by atoms with Gasteiger partial charge in [-0.25, -0.2) is 0 Å². The van der Waals surface area contributed by atoms with Gasteiger partial charge in [0.15, 0.2) is 0 Å². The zero-order chi connectivity index (χ0) is 13.7. The van der Waals surface area contributed by atoms with Gasteiger partial charge in [0.1, 0.15) is 6.61 Å². The molecule has 0 bridgehead atoms. The molecule has 1 fully saturated rings. The highest BCUT2D eigenvalue weighted by molar-refractivity contribution is 6.31. The van der Waals surface area contributed by atoms with E-state index in [2.05, 4.69) is 17.2 Å². The molecular formula is C15H16ClNO2. The van der Waals surface area contributed by atoms with E-state index in [0.717, 1.165) is 25.7 Å². The van der Waals surface area contributed by atoms with Gasteiger partial charge in [0, 0.05) is 16.5 Å². The molecule has 0 atom stereocenters. The number of rotatable bonds is 2. The number of benzene rings is 1. The van der Waals surface area contributed by atoms with Crippen molar-refractivity contribution in [3.05, 3.63) is 28.8 Å². The highest BCUT2D eigenvalue weighted by atomic mass is 35.5. The maximum atomic E-state index is 12.1. The smallest absolute Gasteiger partial charge is 0.227 e. The van der Waals surface area contributed by atoms with E-state index in [1.807, 2.05) is 0 Å². The van der Waals surface area contributed by atoms with Crippen molar-refractivity contribution in [2.45, 2.75) is 25.7 Å². The molecular weight excluding hydrogens is 262 g/mol. The minimum absolute atomic E-state index is 0.0341. The van der Waals surface area contributed by atoms with Gasteiger partial charge in [0.2, 0.25) is 5.91 Å². The van der Waals surface area contributed by atoms with Gasteiger partial charge in [0.05, 0.1) is 5.69 Å². The van der Waals surface area contributed by atoms with Crippen LogP contribution in [0.3, 0.4) is 0 Å². The van der Waals surface area contributed by atoms with Gasteiger partial charge in [-0.2, -0.15) is 0 Å². The van der Waals surface area contributed by atoms with Gasteiger partial charge in [0.25, 0.3) is 0 Å². The summed E-state index contributed by atoms with van der Waals surface area (Å²) < 4.78 is 0. The first-order valence-corrected chi connectivity index (χ1v) is 6.78. The Kier molecular flexibility index (Phi) is 4.84. The van der Waals surface area contributed by atoms with Crippen LogP contribution in [0, 0.1) is 17.8 Å². The lowest BCUT2D eigenvalue weighted by Gasteiger charge is -2.12. The fraction of sp³-hybridized carbons (Fsp3) is 0.400. The summed E-state index contributed by atoms with van der Waals surface area (Å²) in [6, 6.07) is 5.15. The van der Waals surface area contributed by atoms with Crippen molar-refractivity contribution in [1.82, 2.24) is 0 Å². The van der Waals surface area contributed by atoms with E-state index in [9.17, 15) is 4.79 Å². The largest absolute Gasteiger partial charge is 0.384 e. The zero-order valence-electron chi connectivity index (χ0n) is 10.6. The normalized spacial score (nSPS) is 14.8. The molecule has 0 heterocycles. The third-order valence-electron chi connectivity index (χ3n) is 3.27. The van der Waals surface area contributed by atoms with Crippen molar-refractivity contribution in [1.29, 1.82) is 0 Å². The first-order chi connectivity index (χ1) is 9.20. The van der Waals surface area contributed by atoms with E-state index < -0.39 is 0 Å². The van der Waals surface area contributed by atoms with Crippen LogP contribution < -0.4 is 5.32 Å². The van der Waals surface area contributed by atoms with Gasteiger partial charge in [-0.3, -0.25) is 4.79 Å². The molecule has 0 spiro atoms. The molecule has 2 rings (SSSR count). The minimum atomic E-state index is -0.210. The third kappa shape index (κ3) is 3.73. The first kappa shape index (κ1) is 13.9. The fourth-order valence-electron chi connectivity index (χ4n) is 2.29. The van der Waals surface area contributed by atoms with Crippen molar-refractivity contribution >= 4 is 23.2 Å². The lowest BCUT2D eigenvalue weighted by molar-refractivity contribution is -0.119. The van der Waals surface area contributed by atoms with Gasteiger partial charge in [-0.05, 0) is 31.0 Å². The molecule has 100 valence electrons. The Morgan fingerprint density at radius 1 is 1.42 bits per heavy atom. The fourth-order valence-corrected chi connectivity index (χ4v) is 2.46. The summed E-state index contributed by atoms with van der Waals surface area (Å²) >= 11 is 5.95. The van der Waals surface area contributed by atoms with Gasteiger partial charge < -0.3 is 10.4 Å². The summed E-state index contributed by atoms with van der Waals surface area (Å²) in [5.74, 6) is 5.52. The molecule has 0 saturated heterocycles. The third-order valence-corrected chi connectivity index (χ3v) is 3.50. The van der Waals surface area contributed by atoms with Crippen LogP contribution in [0.4, 0.5) is 5.69 Å². The number of halogens is 1. The van der Waals surface area contributed by atoms with Crippen molar-refractivity contribution in [2.75, 3.05) is 11.9 Å². The maximum Gasteiger partial charge on any atom is 0.227 e. The molecule has 3 nitrogen and oxygen atoms in total. The molecule has 1 saturated carbocycles. The zero-order valence-corrected chi connectivity index (χ0v) is 11.3. The molecule has 0 aromatic heterocycles. The molecule has 2 N–H and O–H groups in total. The average Bonchev–Trinajstić information content (AvgIpc) is 2.92. The molecule has 1 aromatic carbocycles. The number of aliphatic hydroxyl groups is 1. The van der Waals surface area contributed by atoms with Crippen molar-refractivity contribution in [3.63, 3.8) is 0 Å². The van der Waals surface area contributed by atoms with Crippen LogP contribution in [0.1, 0.15) is 31.2 Å². The monoisotopic (exact) mass is 277 g/mol. The van der Waals surface area contributed by atoms with Crippen LogP contribution in [0.5, 0.6) is 0 Å². The van der Waals surface area contributed by atoms with E-state index in [4.69, 9.17) is 16.7 Å². The van der Waals surface area contributed by atoms with Crippen LogP contribution in [0.15, 0.2) is 18.2 Å². The van der Waals surface area contributed by atoms with Crippen LogP contribution in [-0.4, -0.2) is 17.6 Å². The number of amides is 1. The molecule has 1 aromatic rings. The van der Waals surface area contributed by atoms with Crippen molar-refractivity contribution in [3.8, 4) is 11.8 Å². The van der Waals surface area contributed by atoms with E-state index in [1.54, 1.807) is 18.2 Å². The maximum absolute atomic E-state index is 12.1. The number of anilines is 1. The van der Waals surface area contributed by atoms with E-state index in [1.165, 1.54) is 0 Å². The minimum Gasteiger partial charge on any atom is -0.384 e. The standard InChI is InChI=1S/C15H16ClNO2/c16-13-8-7-11(6-3-9-18)14(10-13)17-15(19)12-4-1-2-5-12/h7-8,10,12,18H,1-2,4-5,9H2,(H,17,19). The highest BCUT2D eigenvalue weighted by Crippen LogP contribution is 2.27. The number of aliphatic hydroxyl groups excluding tert-OH is 1. The topological polar surface area (TPSA) is 49.3 Å². The van der Waals surface area contributed by atoms with Gasteiger partial charge in [-0.1, -0.05) is 36.3 Å². The molecule has 0 aliphatic heterocycles. The predicted octanol–water partition coefficient (Wildman–Crippen LogP) is 2.81. The molecule has 1 aliphatic rings. The average molecular weight is 278 g/mol. The number of hydrogen-bond donors (Lipinski definition) is 2. The molecule has 1 amide bonds. The molecule has 0 unspecified atom stereocenters. The first-order valence-electron chi connectivity index (χ1n) is 6.41. The number of carbonyl (C=O) groups is 1. The summed E-state index contributed by atoms with van der Waals surface area (Å²) in [6.07, 6.45) is 4.13. The lowest BCUT2D eigenvalue weighted by Crippen LogP contribution is -2.20. The molecule has 19 heavy (non-hydrogen) atoms. The number of carbonyl (C=O) groups excluding carboxylic acids is 1. The SMILES string of the molecule is O=C(Nc1cc(Cl)ccc1C#CCO)C1CCCC1. The quantitative estimate of drug-likeness (QED) is 0.817. The Hall–Kier alpha value is -1.50. The van der Waals surface area contributed by atoms with Gasteiger partial charge >= 0.3 is 0 Å². The summed E-state index contributed by atoms with van der Waals surface area (Å²) in [5.41, 5.74) is 1.29. The Balaban J connectivity index is 2.17. The van der Waals surface area contributed by atoms with Gasteiger partial charge in [-0.15, -0.1) is 0 Å². The van der Waals surface area contributed by atoms with E-state index >= 15 is 0 Å². The molecule has 4 heteroatoms. The molecule has 1 aliphatic carbocycles.